The Labute approximate surface area is 86.3 Å². The molecule has 0 bridgehead atoms. The summed E-state index contributed by atoms with van der Waals surface area (Å²) in [5, 5.41) is 13.4. The number of hydrogen-bond donors (Lipinski definition) is 3. The van der Waals surface area contributed by atoms with Gasteiger partial charge in [0.2, 0.25) is 0 Å². The van der Waals surface area contributed by atoms with E-state index in [1.165, 1.54) is 13.2 Å². The molecular formula is C9H11N3O3. The summed E-state index contributed by atoms with van der Waals surface area (Å²) in [6, 6.07) is 3.69. The fourth-order valence-electron chi connectivity index (χ4n) is 1.00. The van der Waals surface area contributed by atoms with Crippen LogP contribution in [0.3, 0.4) is 0 Å². The van der Waals surface area contributed by atoms with Crippen LogP contribution in [0.1, 0.15) is 0 Å². The molecular weight excluding hydrogens is 198 g/mol. The topological polar surface area (TPSA) is 91.3 Å². The minimum atomic E-state index is -1.27. The first kappa shape index (κ1) is 11.1. The largest absolute Gasteiger partial charge is 0.480 e. The standard InChI is InChI=1S/C9H11N3O3/c1-10-7(9(14)15)8(13)12-6-4-2-3-5-11-6/h2-5,7,10H,1H3,(H,14,15)(H,11,12,13). The van der Waals surface area contributed by atoms with Crippen molar-refractivity contribution in [2.24, 2.45) is 0 Å². The molecule has 0 spiro atoms. The average molecular weight is 209 g/mol. The highest BCUT2D eigenvalue weighted by Crippen LogP contribution is 2.00. The number of aliphatic carboxylic acids is 1. The molecule has 0 aromatic carbocycles. The van der Waals surface area contributed by atoms with E-state index in [4.69, 9.17) is 5.11 Å². The summed E-state index contributed by atoms with van der Waals surface area (Å²) >= 11 is 0. The Hall–Kier alpha value is -1.95. The van der Waals surface area contributed by atoms with Crippen molar-refractivity contribution in [1.82, 2.24) is 10.3 Å². The van der Waals surface area contributed by atoms with Gasteiger partial charge < -0.3 is 10.4 Å². The van der Waals surface area contributed by atoms with Crippen LogP contribution in [0.25, 0.3) is 0 Å². The number of carboxylic acids is 1. The van der Waals surface area contributed by atoms with Crippen molar-refractivity contribution in [3.05, 3.63) is 24.4 Å². The molecule has 0 aliphatic rings. The van der Waals surface area contributed by atoms with Crippen LogP contribution in [0.2, 0.25) is 0 Å². The summed E-state index contributed by atoms with van der Waals surface area (Å²) in [4.78, 5) is 25.9. The summed E-state index contributed by atoms with van der Waals surface area (Å²) in [5.74, 6) is -1.56. The maximum absolute atomic E-state index is 11.4. The fraction of sp³-hybridized carbons (Fsp3) is 0.222. The van der Waals surface area contributed by atoms with Crippen molar-refractivity contribution in [1.29, 1.82) is 0 Å². The molecule has 6 nitrogen and oxygen atoms in total. The van der Waals surface area contributed by atoms with E-state index in [0.717, 1.165) is 0 Å². The molecule has 0 radical (unpaired) electrons. The van der Waals surface area contributed by atoms with E-state index >= 15 is 0 Å². The van der Waals surface area contributed by atoms with Crippen molar-refractivity contribution < 1.29 is 14.7 Å². The molecule has 1 atom stereocenters. The minimum Gasteiger partial charge on any atom is -0.480 e. The van der Waals surface area contributed by atoms with E-state index in [1.807, 2.05) is 0 Å². The highest BCUT2D eigenvalue weighted by atomic mass is 16.4. The Morgan fingerprint density at radius 1 is 1.47 bits per heavy atom. The van der Waals surface area contributed by atoms with Gasteiger partial charge in [-0.05, 0) is 19.2 Å². The quantitative estimate of drug-likeness (QED) is 0.592. The number of likely N-dealkylation sites (N-methyl/N-ethyl adjacent to an activating group) is 1. The number of nitrogens with zero attached hydrogens (tertiary/aromatic N) is 1. The number of carboxylic acid groups (broad SMARTS) is 1. The second-order valence-corrected chi connectivity index (χ2v) is 2.76. The predicted octanol–water partition coefficient (Wildman–Crippen LogP) is -0.307. The number of rotatable bonds is 4. The van der Waals surface area contributed by atoms with E-state index in [2.05, 4.69) is 15.6 Å². The first-order chi connectivity index (χ1) is 7.15. The number of aromatic nitrogens is 1. The van der Waals surface area contributed by atoms with Gasteiger partial charge in [0.25, 0.3) is 5.91 Å². The highest BCUT2D eigenvalue weighted by molar-refractivity contribution is 6.07. The first-order valence-electron chi connectivity index (χ1n) is 4.27. The van der Waals surface area contributed by atoms with Crippen molar-refractivity contribution in [3.63, 3.8) is 0 Å². The van der Waals surface area contributed by atoms with E-state index in [9.17, 15) is 9.59 Å². The van der Waals surface area contributed by atoms with Crippen molar-refractivity contribution >= 4 is 17.7 Å². The Morgan fingerprint density at radius 2 is 2.20 bits per heavy atom. The van der Waals surface area contributed by atoms with Crippen molar-refractivity contribution in [2.45, 2.75) is 6.04 Å². The number of hydrogen-bond acceptors (Lipinski definition) is 4. The molecule has 1 aromatic heterocycles. The molecule has 15 heavy (non-hydrogen) atoms. The third-order valence-corrected chi connectivity index (χ3v) is 1.71. The van der Waals surface area contributed by atoms with Gasteiger partial charge in [-0.1, -0.05) is 6.07 Å². The van der Waals surface area contributed by atoms with E-state index in [-0.39, 0.29) is 0 Å². The lowest BCUT2D eigenvalue weighted by Crippen LogP contribution is -2.44. The van der Waals surface area contributed by atoms with Crippen LogP contribution in [0.5, 0.6) is 0 Å². The summed E-state index contributed by atoms with van der Waals surface area (Å²) in [6.45, 7) is 0. The molecule has 0 fully saturated rings. The minimum absolute atomic E-state index is 0.323. The molecule has 1 heterocycles. The Balaban J connectivity index is 2.66. The zero-order valence-electron chi connectivity index (χ0n) is 8.10. The molecule has 0 saturated carbocycles. The highest BCUT2D eigenvalue weighted by Gasteiger charge is 2.24. The van der Waals surface area contributed by atoms with E-state index in [1.54, 1.807) is 18.2 Å². The van der Waals surface area contributed by atoms with Gasteiger partial charge in [-0.2, -0.15) is 0 Å². The number of carbonyl (C=O) groups is 2. The molecule has 0 aliphatic heterocycles. The lowest BCUT2D eigenvalue weighted by Gasteiger charge is -2.10. The van der Waals surface area contributed by atoms with Gasteiger partial charge in [0.15, 0.2) is 6.04 Å². The number of nitrogens with one attached hydrogen (secondary N) is 2. The first-order valence-corrected chi connectivity index (χ1v) is 4.27. The van der Waals surface area contributed by atoms with E-state index in [0.29, 0.717) is 5.82 Å². The van der Waals surface area contributed by atoms with Crippen LogP contribution in [-0.4, -0.2) is 35.1 Å². The maximum atomic E-state index is 11.4. The van der Waals surface area contributed by atoms with Gasteiger partial charge >= 0.3 is 5.97 Å². The Kier molecular flexibility index (Phi) is 3.75. The zero-order valence-corrected chi connectivity index (χ0v) is 8.10. The third kappa shape index (κ3) is 3.03. The fourth-order valence-corrected chi connectivity index (χ4v) is 1.00. The lowest BCUT2D eigenvalue weighted by atomic mass is 10.3. The third-order valence-electron chi connectivity index (χ3n) is 1.71. The normalized spacial score (nSPS) is 11.8. The number of anilines is 1. The maximum Gasteiger partial charge on any atom is 0.330 e. The summed E-state index contributed by atoms with van der Waals surface area (Å²) in [5.41, 5.74) is 0. The van der Waals surface area contributed by atoms with E-state index < -0.39 is 17.9 Å². The average Bonchev–Trinajstić information content (AvgIpc) is 2.19. The van der Waals surface area contributed by atoms with Crippen LogP contribution in [0.4, 0.5) is 5.82 Å². The van der Waals surface area contributed by atoms with Gasteiger partial charge in [0.05, 0.1) is 0 Å². The molecule has 3 N–H and O–H groups in total. The number of carbonyl (C=O) groups excluding carboxylic acids is 1. The van der Waals surface area contributed by atoms with Gasteiger partial charge in [0, 0.05) is 6.20 Å². The second kappa shape index (κ2) is 5.06. The molecule has 6 heteroatoms. The molecule has 0 saturated heterocycles. The molecule has 0 aliphatic carbocycles. The SMILES string of the molecule is CNC(C(=O)O)C(=O)Nc1ccccn1. The van der Waals surface area contributed by atoms with Crippen molar-refractivity contribution in [2.75, 3.05) is 12.4 Å². The molecule has 1 aromatic rings. The number of amides is 1. The van der Waals surface area contributed by atoms with Gasteiger partial charge in [0.1, 0.15) is 5.82 Å². The summed E-state index contributed by atoms with van der Waals surface area (Å²) in [6.07, 6.45) is 1.50. The van der Waals surface area contributed by atoms with Gasteiger partial charge in [-0.25, -0.2) is 9.78 Å². The van der Waals surface area contributed by atoms with Crippen LogP contribution in [0.15, 0.2) is 24.4 Å². The molecule has 1 unspecified atom stereocenters. The Morgan fingerprint density at radius 3 is 2.67 bits per heavy atom. The van der Waals surface area contributed by atoms with Crippen molar-refractivity contribution in [3.8, 4) is 0 Å². The van der Waals surface area contributed by atoms with Gasteiger partial charge in [-0.15, -0.1) is 0 Å². The second-order valence-electron chi connectivity index (χ2n) is 2.76. The van der Waals surface area contributed by atoms with Crippen LogP contribution in [0, 0.1) is 0 Å². The summed E-state index contributed by atoms with van der Waals surface area (Å²) < 4.78 is 0. The molecule has 1 amide bonds. The number of pyridine rings is 1. The molecule has 80 valence electrons. The molecule has 1 rings (SSSR count). The van der Waals surface area contributed by atoms with Crippen LogP contribution in [-0.2, 0) is 9.59 Å². The zero-order chi connectivity index (χ0) is 11.3. The summed E-state index contributed by atoms with van der Waals surface area (Å²) in [7, 11) is 1.40. The van der Waals surface area contributed by atoms with Crippen LogP contribution < -0.4 is 10.6 Å². The monoisotopic (exact) mass is 209 g/mol. The smallest absolute Gasteiger partial charge is 0.330 e. The van der Waals surface area contributed by atoms with Crippen LogP contribution >= 0.6 is 0 Å². The lowest BCUT2D eigenvalue weighted by molar-refractivity contribution is -0.142. The predicted molar refractivity (Wildman–Crippen MR) is 53.4 cm³/mol. The van der Waals surface area contributed by atoms with Gasteiger partial charge in [-0.3, -0.25) is 10.1 Å². The Bertz CT molecular complexity index is 353.